The lowest BCUT2D eigenvalue weighted by molar-refractivity contribution is -0.125. The predicted octanol–water partition coefficient (Wildman–Crippen LogP) is 3.26. The van der Waals surface area contributed by atoms with Crippen LogP contribution in [0.3, 0.4) is 0 Å². The summed E-state index contributed by atoms with van der Waals surface area (Å²) in [7, 11) is 6.38. The lowest BCUT2D eigenvalue weighted by Gasteiger charge is -2.16. The Labute approximate surface area is 159 Å². The molecule has 0 saturated carbocycles. The minimum atomic E-state index is -0.125. The quantitative estimate of drug-likeness (QED) is 0.633. The molecule has 0 radical (unpaired) electrons. The molecule has 27 heavy (non-hydrogen) atoms. The van der Waals surface area contributed by atoms with Crippen molar-refractivity contribution in [3.8, 4) is 23.0 Å². The molecule has 0 aromatic heterocycles. The number of carbonyl (C=O) groups is 1. The number of ether oxygens (including phenoxy) is 4. The van der Waals surface area contributed by atoms with E-state index in [9.17, 15) is 4.79 Å². The molecule has 6 nitrogen and oxygen atoms in total. The van der Waals surface area contributed by atoms with Crippen molar-refractivity contribution in [2.45, 2.75) is 0 Å². The van der Waals surface area contributed by atoms with Gasteiger partial charge in [0.2, 0.25) is 11.7 Å². The highest BCUT2D eigenvalue weighted by Crippen LogP contribution is 2.38. The minimum Gasteiger partial charge on any atom is -0.493 e. The average Bonchev–Trinajstić information content (AvgIpc) is 2.71. The van der Waals surface area contributed by atoms with Crippen molar-refractivity contribution >= 4 is 12.0 Å². The molecule has 0 fully saturated rings. The van der Waals surface area contributed by atoms with Gasteiger partial charge in [-0.05, 0) is 35.9 Å². The van der Waals surface area contributed by atoms with Crippen LogP contribution in [0.25, 0.3) is 6.08 Å². The Morgan fingerprint density at radius 1 is 1.00 bits per heavy atom. The van der Waals surface area contributed by atoms with E-state index in [1.54, 1.807) is 51.5 Å². The number of benzene rings is 2. The molecule has 1 amide bonds. The number of amides is 1. The van der Waals surface area contributed by atoms with Gasteiger partial charge in [0.1, 0.15) is 12.4 Å². The van der Waals surface area contributed by atoms with E-state index in [1.165, 1.54) is 6.08 Å². The largest absolute Gasteiger partial charge is 0.493 e. The highest BCUT2D eigenvalue weighted by Gasteiger charge is 2.12. The van der Waals surface area contributed by atoms with Crippen LogP contribution in [0, 0.1) is 0 Å². The number of para-hydroxylation sites is 1. The molecule has 2 aromatic rings. The van der Waals surface area contributed by atoms with E-state index in [-0.39, 0.29) is 5.91 Å². The molecule has 0 aliphatic rings. The molecular formula is C21H25NO5. The number of methoxy groups -OCH3 is 3. The van der Waals surface area contributed by atoms with Gasteiger partial charge in [0.15, 0.2) is 11.5 Å². The van der Waals surface area contributed by atoms with Gasteiger partial charge in [-0.25, -0.2) is 0 Å². The molecule has 0 saturated heterocycles. The highest BCUT2D eigenvalue weighted by atomic mass is 16.5. The molecule has 0 unspecified atom stereocenters. The maximum atomic E-state index is 12.3. The second-order valence-corrected chi connectivity index (χ2v) is 5.71. The van der Waals surface area contributed by atoms with Crippen LogP contribution in [0.4, 0.5) is 0 Å². The van der Waals surface area contributed by atoms with Gasteiger partial charge in [-0.3, -0.25) is 4.79 Å². The third kappa shape index (κ3) is 5.67. The lowest BCUT2D eigenvalue weighted by atomic mass is 10.1. The summed E-state index contributed by atoms with van der Waals surface area (Å²) in [6.07, 6.45) is 3.21. The van der Waals surface area contributed by atoms with E-state index < -0.39 is 0 Å². The van der Waals surface area contributed by atoms with E-state index in [0.717, 1.165) is 11.3 Å². The molecule has 144 valence electrons. The third-order valence-corrected chi connectivity index (χ3v) is 3.92. The summed E-state index contributed by atoms with van der Waals surface area (Å²) >= 11 is 0. The first-order valence-electron chi connectivity index (χ1n) is 8.50. The van der Waals surface area contributed by atoms with Gasteiger partial charge in [0, 0.05) is 13.1 Å². The van der Waals surface area contributed by atoms with Gasteiger partial charge in [0.05, 0.1) is 27.9 Å². The van der Waals surface area contributed by atoms with Crippen LogP contribution in [0.5, 0.6) is 23.0 Å². The first-order chi connectivity index (χ1) is 13.1. The Kier molecular flexibility index (Phi) is 7.55. The van der Waals surface area contributed by atoms with Crippen LogP contribution in [0.1, 0.15) is 5.56 Å². The molecule has 0 aliphatic heterocycles. The highest BCUT2D eigenvalue weighted by molar-refractivity contribution is 5.91. The van der Waals surface area contributed by atoms with Crippen LogP contribution in [-0.4, -0.2) is 52.3 Å². The molecule has 0 heterocycles. The van der Waals surface area contributed by atoms with Crippen LogP contribution >= 0.6 is 0 Å². The molecule has 0 aliphatic carbocycles. The number of hydrogen-bond acceptors (Lipinski definition) is 5. The molecule has 0 spiro atoms. The molecule has 2 rings (SSSR count). The monoisotopic (exact) mass is 371 g/mol. The van der Waals surface area contributed by atoms with Gasteiger partial charge in [-0.1, -0.05) is 18.2 Å². The van der Waals surface area contributed by atoms with Gasteiger partial charge in [0.25, 0.3) is 0 Å². The van der Waals surface area contributed by atoms with Crippen LogP contribution in [-0.2, 0) is 4.79 Å². The van der Waals surface area contributed by atoms with Gasteiger partial charge >= 0.3 is 0 Å². The summed E-state index contributed by atoms with van der Waals surface area (Å²) in [6, 6.07) is 13.1. The molecule has 0 N–H and O–H groups in total. The van der Waals surface area contributed by atoms with E-state index in [0.29, 0.717) is 30.4 Å². The number of likely N-dealkylation sites (N-methyl/N-ethyl adjacent to an activating group) is 1. The lowest BCUT2D eigenvalue weighted by Crippen LogP contribution is -2.29. The van der Waals surface area contributed by atoms with Crippen molar-refractivity contribution < 1.29 is 23.7 Å². The van der Waals surface area contributed by atoms with E-state index in [2.05, 4.69) is 0 Å². The van der Waals surface area contributed by atoms with Crippen LogP contribution in [0.15, 0.2) is 48.5 Å². The first-order valence-corrected chi connectivity index (χ1v) is 8.50. The summed E-state index contributed by atoms with van der Waals surface area (Å²) in [5.41, 5.74) is 0.770. The van der Waals surface area contributed by atoms with Crippen LogP contribution < -0.4 is 18.9 Å². The Morgan fingerprint density at radius 3 is 2.19 bits per heavy atom. The average molecular weight is 371 g/mol. The van der Waals surface area contributed by atoms with Gasteiger partial charge in [-0.2, -0.15) is 0 Å². The Morgan fingerprint density at radius 2 is 1.63 bits per heavy atom. The summed E-state index contributed by atoms with van der Waals surface area (Å²) in [6.45, 7) is 0.900. The van der Waals surface area contributed by atoms with Crippen molar-refractivity contribution in [2.24, 2.45) is 0 Å². The zero-order valence-corrected chi connectivity index (χ0v) is 16.1. The standard InChI is InChI=1S/C21H25NO5/c1-22(12-13-27-17-8-6-5-7-9-17)20(23)11-10-16-14-18(24-2)21(26-4)19(15-16)25-3/h5-11,14-15H,12-13H2,1-4H3/b11-10+. The summed E-state index contributed by atoms with van der Waals surface area (Å²) < 4.78 is 21.5. The normalized spacial score (nSPS) is 10.5. The fourth-order valence-electron chi connectivity index (χ4n) is 2.42. The van der Waals surface area contributed by atoms with Crippen LogP contribution in [0.2, 0.25) is 0 Å². The fraction of sp³-hybridized carbons (Fsp3) is 0.286. The second kappa shape index (κ2) is 10.1. The zero-order valence-electron chi connectivity index (χ0n) is 16.1. The van der Waals surface area contributed by atoms with Crippen molar-refractivity contribution in [2.75, 3.05) is 41.5 Å². The van der Waals surface area contributed by atoms with E-state index >= 15 is 0 Å². The van der Waals surface area contributed by atoms with Crippen molar-refractivity contribution in [3.63, 3.8) is 0 Å². The summed E-state index contributed by atoms with van der Waals surface area (Å²) in [5, 5.41) is 0. The smallest absolute Gasteiger partial charge is 0.246 e. The number of carbonyl (C=O) groups excluding carboxylic acids is 1. The number of hydrogen-bond donors (Lipinski definition) is 0. The fourth-order valence-corrected chi connectivity index (χ4v) is 2.42. The Bertz CT molecular complexity index is 748. The maximum Gasteiger partial charge on any atom is 0.246 e. The number of nitrogens with zero attached hydrogens (tertiary/aromatic N) is 1. The van der Waals surface area contributed by atoms with E-state index in [4.69, 9.17) is 18.9 Å². The molecule has 0 atom stereocenters. The number of rotatable bonds is 9. The van der Waals surface area contributed by atoms with Crippen molar-refractivity contribution in [1.82, 2.24) is 4.90 Å². The summed E-state index contributed by atoms with van der Waals surface area (Å²) in [5.74, 6) is 2.24. The third-order valence-electron chi connectivity index (χ3n) is 3.92. The zero-order chi connectivity index (χ0) is 19.6. The van der Waals surface area contributed by atoms with Gasteiger partial charge < -0.3 is 23.8 Å². The first kappa shape index (κ1) is 20.2. The summed E-state index contributed by atoms with van der Waals surface area (Å²) in [4.78, 5) is 13.9. The van der Waals surface area contributed by atoms with Gasteiger partial charge in [-0.15, -0.1) is 0 Å². The molecule has 0 bridgehead atoms. The van der Waals surface area contributed by atoms with Crippen molar-refractivity contribution in [3.05, 3.63) is 54.1 Å². The molecule has 6 heteroatoms. The Balaban J connectivity index is 1.96. The minimum absolute atomic E-state index is 0.125. The molecular weight excluding hydrogens is 346 g/mol. The maximum absolute atomic E-state index is 12.3. The SMILES string of the molecule is COc1cc(/C=C/C(=O)N(C)CCOc2ccccc2)cc(OC)c1OC. The predicted molar refractivity (Wildman–Crippen MR) is 105 cm³/mol. The second-order valence-electron chi connectivity index (χ2n) is 5.71. The van der Waals surface area contributed by atoms with E-state index in [1.807, 2.05) is 30.3 Å². The Hall–Kier alpha value is -3.15. The van der Waals surface area contributed by atoms with Crippen molar-refractivity contribution in [1.29, 1.82) is 0 Å². The topological polar surface area (TPSA) is 57.2 Å². The molecule has 2 aromatic carbocycles.